The third-order valence-corrected chi connectivity index (χ3v) is 2.45. The molecule has 108 valence electrons. The first kappa shape index (κ1) is 15.3. The summed E-state index contributed by atoms with van der Waals surface area (Å²) < 4.78 is 4.83. The molecule has 8 nitrogen and oxygen atoms in total. The lowest BCUT2D eigenvalue weighted by atomic mass is 10.1. The maximum Gasteiger partial charge on any atom is 0.326 e. The highest BCUT2D eigenvalue weighted by atomic mass is 16.5. The number of methoxy groups -OCH3 is 1. The summed E-state index contributed by atoms with van der Waals surface area (Å²) in [5, 5.41) is 20.4. The second-order valence-electron chi connectivity index (χ2n) is 3.92. The van der Waals surface area contributed by atoms with Gasteiger partial charge in [-0.1, -0.05) is 0 Å². The van der Waals surface area contributed by atoms with Crippen molar-refractivity contribution in [2.24, 2.45) is 5.73 Å². The minimum Gasteiger partial charge on any atom is -0.504 e. The molecule has 0 saturated carbocycles. The summed E-state index contributed by atoms with van der Waals surface area (Å²) in [7, 11) is 1.31. The van der Waals surface area contributed by atoms with Crippen molar-refractivity contribution >= 4 is 17.8 Å². The Bertz CT molecular complexity index is 543. The molecule has 1 rings (SSSR count). The van der Waals surface area contributed by atoms with E-state index in [4.69, 9.17) is 15.6 Å². The summed E-state index contributed by atoms with van der Waals surface area (Å²) in [6, 6.07) is 2.35. The van der Waals surface area contributed by atoms with Gasteiger partial charge in [0.15, 0.2) is 11.5 Å². The highest BCUT2D eigenvalue weighted by molar-refractivity contribution is 5.98. The first-order valence-electron chi connectivity index (χ1n) is 5.54. The van der Waals surface area contributed by atoms with Crippen LogP contribution in [0.25, 0.3) is 0 Å². The van der Waals surface area contributed by atoms with E-state index in [1.165, 1.54) is 25.3 Å². The quantitative estimate of drug-likeness (QED) is 0.552. The van der Waals surface area contributed by atoms with Crippen LogP contribution in [0.4, 0.5) is 0 Å². The third kappa shape index (κ3) is 3.87. The number of phenolic OH excluding ortho intramolecular Hbond substituents is 1. The van der Waals surface area contributed by atoms with E-state index in [2.05, 4.69) is 5.32 Å². The first-order chi connectivity index (χ1) is 9.35. The first-order valence-corrected chi connectivity index (χ1v) is 5.54. The van der Waals surface area contributed by atoms with Crippen LogP contribution in [-0.2, 0) is 9.59 Å². The highest BCUT2D eigenvalue weighted by Crippen LogP contribution is 2.26. The van der Waals surface area contributed by atoms with E-state index >= 15 is 0 Å². The van der Waals surface area contributed by atoms with Crippen LogP contribution < -0.4 is 15.8 Å². The van der Waals surface area contributed by atoms with Crippen LogP contribution in [0.2, 0.25) is 0 Å². The smallest absolute Gasteiger partial charge is 0.326 e. The summed E-state index contributed by atoms with van der Waals surface area (Å²) >= 11 is 0. The molecule has 0 spiro atoms. The Morgan fingerprint density at radius 1 is 1.40 bits per heavy atom. The molecule has 0 bridgehead atoms. The van der Waals surface area contributed by atoms with Gasteiger partial charge in [0.05, 0.1) is 13.5 Å². The SMILES string of the molecule is COc1cc(C(=O)N[C@@H](CC(N)=O)C(=O)O)ccc1O. The minimum atomic E-state index is -1.42. The molecule has 2 amide bonds. The molecule has 1 aromatic carbocycles. The van der Waals surface area contributed by atoms with Gasteiger partial charge < -0.3 is 26.0 Å². The van der Waals surface area contributed by atoms with E-state index in [0.29, 0.717) is 0 Å². The van der Waals surface area contributed by atoms with Crippen molar-refractivity contribution < 1.29 is 29.3 Å². The molecule has 0 saturated heterocycles. The Balaban J connectivity index is 2.88. The number of carbonyl (C=O) groups is 3. The number of carbonyl (C=O) groups excluding carboxylic acids is 2. The Morgan fingerprint density at radius 3 is 2.55 bits per heavy atom. The third-order valence-electron chi connectivity index (χ3n) is 2.45. The Hall–Kier alpha value is -2.77. The number of hydrogen-bond donors (Lipinski definition) is 4. The maximum absolute atomic E-state index is 11.9. The predicted octanol–water partition coefficient (Wildman–Crippen LogP) is -0.541. The van der Waals surface area contributed by atoms with Crippen molar-refractivity contribution in [3.8, 4) is 11.5 Å². The van der Waals surface area contributed by atoms with Crippen molar-refractivity contribution in [1.29, 1.82) is 0 Å². The van der Waals surface area contributed by atoms with Gasteiger partial charge in [-0.2, -0.15) is 0 Å². The van der Waals surface area contributed by atoms with E-state index in [0.717, 1.165) is 0 Å². The Morgan fingerprint density at radius 2 is 2.05 bits per heavy atom. The predicted molar refractivity (Wildman–Crippen MR) is 67.4 cm³/mol. The van der Waals surface area contributed by atoms with Crippen LogP contribution in [-0.4, -0.2) is 41.1 Å². The second-order valence-corrected chi connectivity index (χ2v) is 3.92. The fraction of sp³-hybridized carbons (Fsp3) is 0.250. The maximum atomic E-state index is 11.9. The Kier molecular flexibility index (Phi) is 4.90. The molecule has 1 atom stereocenters. The zero-order chi connectivity index (χ0) is 15.3. The lowest BCUT2D eigenvalue weighted by molar-refractivity contribution is -0.140. The number of amides is 2. The van der Waals surface area contributed by atoms with Crippen molar-refractivity contribution in [3.63, 3.8) is 0 Å². The monoisotopic (exact) mass is 282 g/mol. The van der Waals surface area contributed by atoms with Gasteiger partial charge in [-0.3, -0.25) is 9.59 Å². The van der Waals surface area contributed by atoms with Gasteiger partial charge in [-0.15, -0.1) is 0 Å². The van der Waals surface area contributed by atoms with Gasteiger partial charge in [0.25, 0.3) is 5.91 Å². The largest absolute Gasteiger partial charge is 0.504 e. The number of primary amides is 1. The number of rotatable bonds is 6. The molecular weight excluding hydrogens is 268 g/mol. The van der Waals surface area contributed by atoms with E-state index in [-0.39, 0.29) is 17.1 Å². The number of hydrogen-bond acceptors (Lipinski definition) is 5. The molecule has 0 aliphatic heterocycles. The summed E-state index contributed by atoms with van der Waals surface area (Å²) in [5.41, 5.74) is 4.98. The van der Waals surface area contributed by atoms with Crippen LogP contribution in [0.15, 0.2) is 18.2 Å². The molecule has 0 heterocycles. The molecule has 0 aromatic heterocycles. The number of nitrogens with two attached hydrogens (primary N) is 1. The molecule has 1 aromatic rings. The average molecular weight is 282 g/mol. The van der Waals surface area contributed by atoms with Crippen molar-refractivity contribution in [3.05, 3.63) is 23.8 Å². The number of nitrogens with one attached hydrogen (secondary N) is 1. The van der Waals surface area contributed by atoms with E-state index in [1.807, 2.05) is 0 Å². The lowest BCUT2D eigenvalue weighted by Gasteiger charge is -2.13. The van der Waals surface area contributed by atoms with E-state index < -0.39 is 30.2 Å². The number of benzene rings is 1. The fourth-order valence-electron chi connectivity index (χ4n) is 1.46. The lowest BCUT2D eigenvalue weighted by Crippen LogP contribution is -2.43. The molecule has 8 heteroatoms. The minimum absolute atomic E-state index is 0.0689. The molecule has 5 N–H and O–H groups in total. The van der Waals surface area contributed by atoms with Gasteiger partial charge >= 0.3 is 5.97 Å². The van der Waals surface area contributed by atoms with Crippen molar-refractivity contribution in [2.75, 3.05) is 7.11 Å². The van der Waals surface area contributed by atoms with Crippen molar-refractivity contribution in [1.82, 2.24) is 5.32 Å². The van der Waals surface area contributed by atoms with Gasteiger partial charge in [-0.25, -0.2) is 4.79 Å². The summed E-state index contributed by atoms with van der Waals surface area (Å²) in [6.07, 6.45) is -0.518. The van der Waals surface area contributed by atoms with Gasteiger partial charge in [0, 0.05) is 5.56 Å². The Labute approximate surface area is 114 Å². The standard InChI is InChI=1S/C12H14N2O6/c1-20-9-4-6(2-3-8(9)15)11(17)14-7(12(18)19)5-10(13)16/h2-4,7,15H,5H2,1H3,(H2,13,16)(H,14,17)(H,18,19)/t7-/m0/s1. The number of phenols is 1. The van der Waals surface area contributed by atoms with E-state index in [9.17, 15) is 19.5 Å². The molecular formula is C12H14N2O6. The normalized spacial score (nSPS) is 11.4. The molecule has 0 aliphatic carbocycles. The van der Waals surface area contributed by atoms with E-state index in [1.54, 1.807) is 0 Å². The number of carboxylic acids is 1. The molecule has 0 fully saturated rings. The highest BCUT2D eigenvalue weighted by Gasteiger charge is 2.23. The van der Waals surface area contributed by atoms with Gasteiger partial charge in [0.2, 0.25) is 5.91 Å². The second kappa shape index (κ2) is 6.41. The van der Waals surface area contributed by atoms with Crippen LogP contribution in [0.3, 0.4) is 0 Å². The number of aromatic hydroxyl groups is 1. The average Bonchev–Trinajstić information content (AvgIpc) is 2.37. The van der Waals surface area contributed by atoms with Crippen LogP contribution >= 0.6 is 0 Å². The van der Waals surface area contributed by atoms with Gasteiger partial charge in [0.1, 0.15) is 6.04 Å². The number of ether oxygens (including phenoxy) is 1. The molecule has 0 aliphatic rings. The van der Waals surface area contributed by atoms with Crippen LogP contribution in [0.1, 0.15) is 16.8 Å². The fourth-order valence-corrected chi connectivity index (χ4v) is 1.46. The zero-order valence-electron chi connectivity index (χ0n) is 10.6. The summed E-state index contributed by atoms with van der Waals surface area (Å²) in [4.78, 5) is 33.5. The van der Waals surface area contributed by atoms with Gasteiger partial charge in [-0.05, 0) is 18.2 Å². The number of aliphatic carboxylic acids is 1. The zero-order valence-corrected chi connectivity index (χ0v) is 10.6. The molecule has 20 heavy (non-hydrogen) atoms. The van der Waals surface area contributed by atoms with Crippen molar-refractivity contribution in [2.45, 2.75) is 12.5 Å². The number of carboxylic acid groups (broad SMARTS) is 1. The molecule has 0 radical (unpaired) electrons. The summed E-state index contributed by atoms with van der Waals surface area (Å²) in [5.74, 6) is -3.03. The van der Waals surface area contributed by atoms with Crippen LogP contribution in [0.5, 0.6) is 11.5 Å². The van der Waals surface area contributed by atoms with Crippen LogP contribution in [0, 0.1) is 0 Å². The summed E-state index contributed by atoms with van der Waals surface area (Å²) in [6.45, 7) is 0. The molecule has 0 unspecified atom stereocenters. The topological polar surface area (TPSA) is 139 Å².